The van der Waals surface area contributed by atoms with E-state index in [1.54, 1.807) is 95.4 Å². The second-order valence-corrected chi connectivity index (χ2v) is 32.1. The first-order valence-electron chi connectivity index (χ1n) is 40.9. The lowest BCUT2D eigenvalue weighted by Gasteiger charge is -2.15. The Kier molecular flexibility index (Phi) is 48.8. The molecule has 13 aromatic rings. The Balaban J connectivity index is 0.000000306. The normalized spacial score (nSPS) is 10.0. The number of imide groups is 1. The van der Waals surface area contributed by atoms with E-state index in [9.17, 15) is 43.2 Å². The van der Waals surface area contributed by atoms with Gasteiger partial charge in [-0.25, -0.2) is 9.59 Å². The Labute approximate surface area is 854 Å². The molecule has 0 aliphatic heterocycles. The third-order valence-electron chi connectivity index (χ3n) is 17.9. The minimum Gasteiger partial charge on any atom is -0.453 e. The summed E-state index contributed by atoms with van der Waals surface area (Å²) in [6, 6.07) is 42.0. The molecule has 2 amide bonds. The lowest BCUT2D eigenvalue weighted by molar-refractivity contribution is -0.193. The molecular formula is C93H80Cl10N16O23. The van der Waals surface area contributed by atoms with Crippen molar-refractivity contribution in [2.75, 3.05) is 17.8 Å². The predicted molar refractivity (Wildman–Crippen MR) is 526 cm³/mol. The van der Waals surface area contributed by atoms with Crippen molar-refractivity contribution in [3.05, 3.63) is 328 Å². The summed E-state index contributed by atoms with van der Waals surface area (Å²) in [5.41, 5.74) is 11.5. The maximum absolute atomic E-state index is 12.0. The van der Waals surface area contributed by atoms with Crippen LogP contribution >= 0.6 is 116 Å². The zero-order chi connectivity index (χ0) is 106. The summed E-state index contributed by atoms with van der Waals surface area (Å²) in [5, 5.41) is 29.8. The monoisotopic (exact) mass is 2140 g/mol. The largest absolute Gasteiger partial charge is 0.453 e. The Morgan fingerprint density at radius 3 is 1.01 bits per heavy atom. The van der Waals surface area contributed by atoms with Gasteiger partial charge in [-0.05, 0) is 176 Å². The number of nitrogens with two attached hydrogens (primary N) is 1. The number of nitrogen functional groups attached to an aromatic ring is 1. The van der Waals surface area contributed by atoms with Gasteiger partial charge < -0.3 is 66.5 Å². The second kappa shape index (κ2) is 59.2. The van der Waals surface area contributed by atoms with Gasteiger partial charge in [0.1, 0.15) is 40.9 Å². The number of H-pyrrole nitrogens is 2. The summed E-state index contributed by atoms with van der Waals surface area (Å²) in [5.74, 6) is 2.43. The van der Waals surface area contributed by atoms with Gasteiger partial charge in [0, 0.05) is 127 Å². The smallest absolute Gasteiger partial charge is 0.414 e. The van der Waals surface area contributed by atoms with Crippen LogP contribution in [0.25, 0.3) is 17.1 Å². The van der Waals surface area contributed by atoms with Crippen molar-refractivity contribution < 1.29 is 76.4 Å². The number of rotatable bonds is 25. The van der Waals surface area contributed by atoms with Crippen molar-refractivity contribution in [1.82, 2.24) is 52.5 Å². The number of nitriles is 2. The average molecular weight is 2140 g/mol. The van der Waals surface area contributed by atoms with Crippen LogP contribution in [0, 0.1) is 50.4 Å². The summed E-state index contributed by atoms with van der Waals surface area (Å²) in [7, 11) is 0. The number of hydrogen-bond donors (Lipinski definition) is 5. The third kappa shape index (κ3) is 35.2. The third-order valence-corrected chi connectivity index (χ3v) is 20.7. The maximum atomic E-state index is 12.0. The molecule has 5 aromatic carbocycles. The van der Waals surface area contributed by atoms with E-state index in [0.29, 0.717) is 108 Å². The summed E-state index contributed by atoms with van der Waals surface area (Å²) < 4.78 is 44.4. The van der Waals surface area contributed by atoms with Crippen molar-refractivity contribution >= 4 is 170 Å². The fourth-order valence-corrected chi connectivity index (χ4v) is 14.9. The molecule has 0 aliphatic rings. The highest BCUT2D eigenvalue weighted by Gasteiger charge is 2.22. The van der Waals surface area contributed by atoms with Crippen molar-refractivity contribution in [2.45, 2.75) is 114 Å². The van der Waals surface area contributed by atoms with Gasteiger partial charge in [0.2, 0.25) is 17.0 Å². The number of anilines is 2. The molecule has 740 valence electrons. The number of benzene rings is 5. The number of hydrazone groups is 1. The number of halogens is 10. The van der Waals surface area contributed by atoms with Crippen molar-refractivity contribution in [2.24, 2.45) is 5.10 Å². The molecule has 13 rings (SSSR count). The van der Waals surface area contributed by atoms with Gasteiger partial charge in [-0.1, -0.05) is 144 Å². The molecule has 8 aromatic heterocycles. The summed E-state index contributed by atoms with van der Waals surface area (Å²) in [6.45, 7) is 19.9. The number of carbonyl (C=O) groups is 2. The van der Waals surface area contributed by atoms with Crippen LogP contribution in [0.1, 0.15) is 88.8 Å². The van der Waals surface area contributed by atoms with Gasteiger partial charge in [0.25, 0.3) is 33.7 Å². The van der Waals surface area contributed by atoms with Gasteiger partial charge in [-0.3, -0.25) is 49.3 Å². The molecule has 0 aliphatic carbocycles. The van der Waals surface area contributed by atoms with E-state index < -0.39 is 34.7 Å². The molecule has 6 N–H and O–H groups in total. The van der Waals surface area contributed by atoms with Gasteiger partial charge in [0.15, 0.2) is 28.7 Å². The van der Waals surface area contributed by atoms with E-state index in [4.69, 9.17) is 194 Å². The van der Waals surface area contributed by atoms with E-state index in [0.717, 1.165) is 64.5 Å². The highest BCUT2D eigenvalue weighted by Crippen LogP contribution is 2.44. The molecule has 0 atom stereocenters. The number of carbonyl (C=O) groups excluding carboxylic acids is 10. The number of aromatic nitrogens is 10. The van der Waals surface area contributed by atoms with Crippen LogP contribution in [-0.2, 0) is 74.1 Å². The first kappa shape index (κ1) is 117. The number of alkyl carbamates (subject to hydrolysis) is 1. The fourth-order valence-electron chi connectivity index (χ4n) is 12.1. The first-order chi connectivity index (χ1) is 67.6. The first-order valence-corrected chi connectivity index (χ1v) is 44.7. The maximum Gasteiger partial charge on any atom is 0.414 e. The second-order valence-electron chi connectivity index (χ2n) is 28.0. The zero-order valence-electron chi connectivity index (χ0n) is 75.8. The summed E-state index contributed by atoms with van der Waals surface area (Å²) >= 11 is 62.7. The molecule has 142 heavy (non-hydrogen) atoms. The molecule has 49 heteroatoms. The van der Waals surface area contributed by atoms with E-state index >= 15 is 0 Å². The minimum absolute atomic E-state index is 0.0548. The van der Waals surface area contributed by atoms with Crippen molar-refractivity contribution in [3.8, 4) is 86.7 Å². The van der Waals surface area contributed by atoms with E-state index in [2.05, 4.69) is 34.5 Å². The van der Waals surface area contributed by atoms with E-state index in [1.165, 1.54) is 82.1 Å². The van der Waals surface area contributed by atoms with Crippen LogP contribution in [0.4, 0.5) is 16.2 Å². The molecule has 0 bridgehead atoms. The molecule has 0 saturated heterocycles. The Hall–Kier alpha value is -15.4. The van der Waals surface area contributed by atoms with E-state index in [-0.39, 0.29) is 102 Å². The van der Waals surface area contributed by atoms with Gasteiger partial charge in [0.05, 0.1) is 68.2 Å². The molecular weight excluding hydrogens is 2060 g/mol. The van der Waals surface area contributed by atoms with Crippen LogP contribution < -0.4 is 79.2 Å². The van der Waals surface area contributed by atoms with Gasteiger partial charge in [-0.2, -0.15) is 58.7 Å². The predicted octanol–water partition coefficient (Wildman–Crippen LogP) is 18.6. The number of amides is 2. The number of nitrogens with zero attached hydrogens (tertiary/aromatic N) is 11. The number of aromatic amines is 2. The molecule has 0 saturated carbocycles. The molecule has 0 unspecified atom stereocenters. The van der Waals surface area contributed by atoms with Crippen LogP contribution in [-0.4, -0.2) is 96.1 Å². The minimum atomic E-state index is -1.04. The van der Waals surface area contributed by atoms with Crippen LogP contribution in [0.5, 0.6) is 57.5 Å². The molecule has 0 fully saturated rings. The number of pyridine rings is 5. The molecule has 39 nitrogen and oxygen atoms in total. The highest BCUT2D eigenvalue weighted by molar-refractivity contribution is 6.47. The van der Waals surface area contributed by atoms with Gasteiger partial charge >= 0.3 is 36.4 Å². The number of ether oxygens (including phenoxy) is 6. The standard InChI is InChI=1S/C20H19Cl2N5O5.C20H20Cl2N2O2.C18H13Cl2N5O4.C17H14Cl2N2O2.C14H14Cl2N2O2.4CO2/c1-3-7-27-11-13(5-6-17(27)28)32-18-14(21)8-12(9-15(18)22)25-26-16(10-23)19(29)24-20(30)31-4-2;1-4-9-23-12-16(7-8-19(23)25)26-20-17(21)10-15(11-18(20)22)24-13(2)5-6-14(24)3;1-2-5-24-9-11(3-4-15(24)26)29-16-12(19)6-10(7-13(16)20)25-18(28)22-17(27)14(8-21)23-25;1-10-3-4-11(2)21(10)12-7-14(18)17(15(19)8-12)23-13-5-6-16(22)20-9-13;1-2-5-18-8-10(3-4-13(18)19)20-14-11(15)6-9(17)7-12(14)16;4*2-1-3/h5-6,8-9,11,25H,3-4,7H2,1-2H3,(H,24,29,30);5-8,10-12H,4,9H2,1-3H3;3-4,6-7,9H,2,5H2,1H3,(H,22,27,28);3-9H,1-2H3,(H,20,22);3-4,6-8H,2,5,17H2,1H3;;;;. The molecule has 0 radical (unpaired) electrons. The van der Waals surface area contributed by atoms with Crippen LogP contribution in [0.15, 0.2) is 215 Å². The Morgan fingerprint density at radius 2 is 0.718 bits per heavy atom. The molecule has 0 spiro atoms. The quantitative estimate of drug-likeness (QED) is 0.0201. The highest BCUT2D eigenvalue weighted by atomic mass is 35.5. The summed E-state index contributed by atoms with van der Waals surface area (Å²) in [4.78, 5) is 174. The zero-order valence-corrected chi connectivity index (χ0v) is 83.3. The Bertz CT molecular complexity index is 7190. The van der Waals surface area contributed by atoms with E-state index in [1.807, 2.05) is 102 Å². The summed E-state index contributed by atoms with van der Waals surface area (Å²) in [6.07, 6.45) is 11.1. The number of aryl methyl sites for hydroxylation is 8. The van der Waals surface area contributed by atoms with Crippen LogP contribution in [0.3, 0.4) is 0 Å². The number of nitrogens with one attached hydrogen (secondary N) is 4. The Morgan fingerprint density at radius 1 is 0.423 bits per heavy atom. The fraction of sp³-hybridized carbons (Fsp3) is 0.194. The SMILES string of the molecule is CCCn1cc(Oc2c(Cl)cc(-n3c(C)ccc3C)cc2Cl)ccc1=O.CCCn1cc(Oc2c(Cl)cc(-n3nc(C#N)c(=O)[nH]c3=O)cc2Cl)ccc1=O.CCCn1cc(Oc2c(Cl)cc(N)cc2Cl)ccc1=O.CCCn1cc(Oc2c(Cl)cc(NN=C(C#N)C(=O)NC(=O)OCC)cc2Cl)ccc1=O.Cc1ccc(C)n1-c1cc(Cl)c(Oc2ccc(=O)[nH]c2)c(Cl)c1.O=C=O.O=C=O.O=C=O.O=C=O. The van der Waals surface area contributed by atoms with Crippen LogP contribution in [0.2, 0.25) is 50.2 Å². The van der Waals surface area contributed by atoms with Crippen molar-refractivity contribution in [1.29, 1.82) is 10.5 Å². The number of hydrogen-bond acceptors (Lipinski definition) is 29. The average Bonchev–Trinajstić information content (AvgIpc) is 1.36. The lowest BCUT2D eigenvalue weighted by atomic mass is 10.2. The molecule has 8 heterocycles. The lowest BCUT2D eigenvalue weighted by Crippen LogP contribution is -2.36. The van der Waals surface area contributed by atoms with Gasteiger partial charge in [-0.15, -0.1) is 5.10 Å². The topological polar surface area (TPSA) is 535 Å². The van der Waals surface area contributed by atoms with Crippen molar-refractivity contribution in [3.63, 3.8) is 0 Å².